The van der Waals surface area contributed by atoms with E-state index in [1.165, 1.54) is 24.5 Å². The normalized spacial score (nSPS) is 12.4. The van der Waals surface area contributed by atoms with Crippen LogP contribution < -0.4 is 5.32 Å². The van der Waals surface area contributed by atoms with Crippen LogP contribution in [0.15, 0.2) is 42.7 Å². The number of nitrogens with zero attached hydrogens (tertiary/aromatic N) is 2. The average molecular weight is 303 g/mol. The molecule has 1 heterocycles. The third-order valence-electron chi connectivity index (χ3n) is 3.40. The Morgan fingerprint density at radius 3 is 2.59 bits per heavy atom. The number of benzene rings is 2. The van der Waals surface area contributed by atoms with Crippen LogP contribution in [0.3, 0.4) is 0 Å². The monoisotopic (exact) mass is 303 g/mol. The topological polar surface area (TPSA) is 37.8 Å². The summed E-state index contributed by atoms with van der Waals surface area (Å²) in [5, 5.41) is 3.51. The molecule has 0 saturated heterocycles. The van der Waals surface area contributed by atoms with Gasteiger partial charge in [0.2, 0.25) is 0 Å². The summed E-state index contributed by atoms with van der Waals surface area (Å²) >= 11 is 0. The number of hydrogen-bond acceptors (Lipinski definition) is 3. The van der Waals surface area contributed by atoms with Gasteiger partial charge in [0.05, 0.1) is 6.04 Å². The van der Waals surface area contributed by atoms with Gasteiger partial charge < -0.3 is 5.32 Å². The molecule has 0 saturated carbocycles. The number of para-hydroxylation sites is 1. The Hall–Kier alpha value is -2.63. The van der Waals surface area contributed by atoms with Gasteiger partial charge in [-0.3, -0.25) is 0 Å². The summed E-state index contributed by atoms with van der Waals surface area (Å²) in [6, 6.07) is 7.44. The molecule has 22 heavy (non-hydrogen) atoms. The van der Waals surface area contributed by atoms with Crippen LogP contribution in [0.4, 0.5) is 19.0 Å². The first kappa shape index (κ1) is 14.3. The van der Waals surface area contributed by atoms with Gasteiger partial charge in [0.15, 0.2) is 0 Å². The number of hydrogen-bond donors (Lipinski definition) is 1. The second-order valence-electron chi connectivity index (χ2n) is 4.89. The number of nitrogens with one attached hydrogen (secondary N) is 1. The molecule has 3 nitrogen and oxygen atoms in total. The highest BCUT2D eigenvalue weighted by atomic mass is 19.1. The molecule has 0 amide bonds. The molecular formula is C16H12F3N3. The van der Waals surface area contributed by atoms with Gasteiger partial charge in [0.1, 0.15) is 35.1 Å². The zero-order chi connectivity index (χ0) is 15.7. The molecule has 1 atom stereocenters. The minimum Gasteiger partial charge on any atom is -0.363 e. The van der Waals surface area contributed by atoms with Crippen LogP contribution in [0, 0.1) is 17.5 Å². The minimum absolute atomic E-state index is 0.187. The average Bonchev–Trinajstić information content (AvgIpc) is 2.48. The number of halogens is 3. The highest BCUT2D eigenvalue weighted by molar-refractivity contribution is 5.89. The third kappa shape index (κ3) is 2.59. The van der Waals surface area contributed by atoms with E-state index in [0.29, 0.717) is 16.8 Å². The molecule has 0 fully saturated rings. The van der Waals surface area contributed by atoms with Crippen LogP contribution in [0.5, 0.6) is 0 Å². The van der Waals surface area contributed by atoms with E-state index in [-0.39, 0.29) is 5.52 Å². The van der Waals surface area contributed by atoms with Crippen molar-refractivity contribution < 1.29 is 13.2 Å². The summed E-state index contributed by atoms with van der Waals surface area (Å²) in [4.78, 5) is 7.98. The Morgan fingerprint density at radius 2 is 1.82 bits per heavy atom. The number of fused-ring (bicyclic) bond motifs is 1. The quantitative estimate of drug-likeness (QED) is 0.787. The van der Waals surface area contributed by atoms with Crippen molar-refractivity contribution in [2.75, 3.05) is 5.32 Å². The molecule has 1 unspecified atom stereocenters. The Bertz CT molecular complexity index is 836. The van der Waals surface area contributed by atoms with E-state index in [2.05, 4.69) is 15.3 Å². The molecule has 1 aromatic heterocycles. The lowest BCUT2D eigenvalue weighted by molar-refractivity contribution is 0.566. The fraction of sp³-hybridized carbons (Fsp3) is 0.125. The molecule has 3 rings (SSSR count). The maximum absolute atomic E-state index is 13.8. The smallest absolute Gasteiger partial charge is 0.149 e. The second-order valence-corrected chi connectivity index (χ2v) is 4.89. The first-order valence-corrected chi connectivity index (χ1v) is 6.67. The van der Waals surface area contributed by atoms with Gasteiger partial charge >= 0.3 is 0 Å². The largest absolute Gasteiger partial charge is 0.363 e. The number of anilines is 1. The van der Waals surface area contributed by atoms with Crippen LogP contribution in [-0.2, 0) is 0 Å². The first-order chi connectivity index (χ1) is 10.6. The summed E-state index contributed by atoms with van der Waals surface area (Å²) in [6.07, 6.45) is 1.24. The predicted octanol–water partition coefficient (Wildman–Crippen LogP) is 4.22. The van der Waals surface area contributed by atoms with Gasteiger partial charge in [-0.25, -0.2) is 23.1 Å². The lowest BCUT2D eigenvalue weighted by atomic mass is 10.1. The zero-order valence-corrected chi connectivity index (χ0v) is 11.6. The lowest BCUT2D eigenvalue weighted by Crippen LogP contribution is -2.10. The van der Waals surface area contributed by atoms with Crippen LogP contribution >= 0.6 is 0 Å². The van der Waals surface area contributed by atoms with Gasteiger partial charge in [-0.05, 0) is 25.1 Å². The summed E-state index contributed by atoms with van der Waals surface area (Å²) in [5.41, 5.74) is 0.483. The fourth-order valence-corrected chi connectivity index (χ4v) is 2.30. The maximum atomic E-state index is 13.8. The second kappa shape index (κ2) is 5.63. The standard InChI is InChI=1S/C16H12F3N3/c1-9(11-6-5-10(17)7-14(11)19)22-16-12-3-2-4-13(18)15(12)20-8-21-16/h2-9H,1H3,(H,20,21,22). The zero-order valence-electron chi connectivity index (χ0n) is 11.6. The van der Waals surface area contributed by atoms with Crippen molar-refractivity contribution >= 4 is 16.7 Å². The van der Waals surface area contributed by atoms with Crippen molar-refractivity contribution in [1.29, 1.82) is 0 Å². The highest BCUT2D eigenvalue weighted by Gasteiger charge is 2.14. The van der Waals surface area contributed by atoms with Gasteiger partial charge in [0, 0.05) is 17.0 Å². The molecule has 112 valence electrons. The van der Waals surface area contributed by atoms with Crippen molar-refractivity contribution in [1.82, 2.24) is 9.97 Å². The summed E-state index contributed by atoms with van der Waals surface area (Å²) in [5.74, 6) is -1.35. The van der Waals surface area contributed by atoms with E-state index >= 15 is 0 Å². The Labute approximate surface area is 124 Å². The molecule has 0 aliphatic carbocycles. The van der Waals surface area contributed by atoms with E-state index in [0.717, 1.165) is 6.07 Å². The van der Waals surface area contributed by atoms with Gasteiger partial charge in [0.25, 0.3) is 0 Å². The predicted molar refractivity (Wildman–Crippen MR) is 77.9 cm³/mol. The summed E-state index contributed by atoms with van der Waals surface area (Å²) < 4.78 is 40.5. The van der Waals surface area contributed by atoms with Crippen LogP contribution in [0.1, 0.15) is 18.5 Å². The summed E-state index contributed by atoms with van der Waals surface area (Å²) in [7, 11) is 0. The molecule has 0 aliphatic heterocycles. The fourth-order valence-electron chi connectivity index (χ4n) is 2.30. The van der Waals surface area contributed by atoms with Crippen molar-refractivity contribution in [2.45, 2.75) is 13.0 Å². The molecule has 6 heteroatoms. The number of aromatic nitrogens is 2. The van der Waals surface area contributed by atoms with Crippen molar-refractivity contribution in [2.24, 2.45) is 0 Å². The van der Waals surface area contributed by atoms with E-state index in [4.69, 9.17) is 0 Å². The lowest BCUT2D eigenvalue weighted by Gasteiger charge is -2.17. The molecule has 1 N–H and O–H groups in total. The van der Waals surface area contributed by atoms with Crippen molar-refractivity contribution in [3.8, 4) is 0 Å². The van der Waals surface area contributed by atoms with E-state index in [1.54, 1.807) is 19.1 Å². The SMILES string of the molecule is CC(Nc1ncnc2c(F)cccc12)c1ccc(F)cc1F. The maximum Gasteiger partial charge on any atom is 0.149 e. The van der Waals surface area contributed by atoms with Crippen molar-refractivity contribution in [3.05, 3.63) is 65.7 Å². The minimum atomic E-state index is -0.649. The Kier molecular flexibility index (Phi) is 3.66. The summed E-state index contributed by atoms with van der Waals surface area (Å²) in [6.45, 7) is 1.71. The van der Waals surface area contributed by atoms with Crippen LogP contribution in [0.25, 0.3) is 10.9 Å². The molecule has 0 radical (unpaired) electrons. The molecule has 0 spiro atoms. The molecule has 0 bridgehead atoms. The highest BCUT2D eigenvalue weighted by Crippen LogP contribution is 2.26. The van der Waals surface area contributed by atoms with Crippen LogP contribution in [0.2, 0.25) is 0 Å². The molecule has 2 aromatic carbocycles. The first-order valence-electron chi connectivity index (χ1n) is 6.67. The van der Waals surface area contributed by atoms with E-state index in [1.807, 2.05) is 0 Å². The van der Waals surface area contributed by atoms with Crippen LogP contribution in [-0.4, -0.2) is 9.97 Å². The van der Waals surface area contributed by atoms with E-state index < -0.39 is 23.5 Å². The Balaban J connectivity index is 1.98. The molecule has 3 aromatic rings. The van der Waals surface area contributed by atoms with E-state index in [9.17, 15) is 13.2 Å². The van der Waals surface area contributed by atoms with Gasteiger partial charge in [-0.2, -0.15) is 0 Å². The third-order valence-corrected chi connectivity index (χ3v) is 3.40. The van der Waals surface area contributed by atoms with Gasteiger partial charge in [-0.1, -0.05) is 12.1 Å². The molecular weight excluding hydrogens is 291 g/mol. The van der Waals surface area contributed by atoms with Gasteiger partial charge in [-0.15, -0.1) is 0 Å². The van der Waals surface area contributed by atoms with Crippen molar-refractivity contribution in [3.63, 3.8) is 0 Å². The Morgan fingerprint density at radius 1 is 1.00 bits per heavy atom. The molecule has 0 aliphatic rings. The number of rotatable bonds is 3.